The van der Waals surface area contributed by atoms with Crippen LogP contribution in [0.15, 0.2) is 16.3 Å². The highest BCUT2D eigenvalue weighted by Gasteiger charge is 2.34. The molecule has 1 saturated heterocycles. The summed E-state index contributed by atoms with van der Waals surface area (Å²) in [5, 5.41) is 0. The van der Waals surface area contributed by atoms with Gasteiger partial charge >= 0.3 is 0 Å². The van der Waals surface area contributed by atoms with Gasteiger partial charge in [0.25, 0.3) is 10.0 Å². The van der Waals surface area contributed by atoms with Crippen LogP contribution < -0.4 is 0 Å². The molecule has 128 valence electrons. The van der Waals surface area contributed by atoms with E-state index >= 15 is 0 Å². The third-order valence-electron chi connectivity index (χ3n) is 4.41. The topological polar surface area (TPSA) is 57.7 Å². The van der Waals surface area contributed by atoms with E-state index in [9.17, 15) is 13.2 Å². The molecule has 1 aliphatic heterocycles. The quantitative estimate of drug-likeness (QED) is 0.787. The summed E-state index contributed by atoms with van der Waals surface area (Å²) in [6.45, 7) is 5.29. The average molecular weight is 357 g/mol. The van der Waals surface area contributed by atoms with E-state index in [-0.39, 0.29) is 11.9 Å². The van der Waals surface area contributed by atoms with Gasteiger partial charge in [0, 0.05) is 30.1 Å². The minimum absolute atomic E-state index is 0.106. The molecule has 0 atom stereocenters. The van der Waals surface area contributed by atoms with E-state index < -0.39 is 10.0 Å². The summed E-state index contributed by atoms with van der Waals surface area (Å²) in [5.74, 6) is 0.106. The molecule has 1 amide bonds. The Morgan fingerprint density at radius 2 is 1.96 bits per heavy atom. The molecule has 7 heteroatoms. The normalized spacial score (nSPS) is 19.4. The van der Waals surface area contributed by atoms with Crippen LogP contribution in [0.3, 0.4) is 0 Å². The van der Waals surface area contributed by atoms with Gasteiger partial charge in [-0.1, -0.05) is 0 Å². The van der Waals surface area contributed by atoms with Gasteiger partial charge in [0.1, 0.15) is 4.21 Å². The van der Waals surface area contributed by atoms with Crippen molar-refractivity contribution in [1.82, 2.24) is 9.21 Å². The molecule has 1 saturated carbocycles. The standard InChI is InChI=1S/C16H24N2O3S2/c1-12(2)18(13-5-6-13)15(19)11-14-7-8-16(22-14)23(20,21)17-9-3-4-10-17/h7-8,12-13H,3-6,9-11H2,1-2H3. The second kappa shape index (κ2) is 6.53. The van der Waals surface area contributed by atoms with Crippen molar-refractivity contribution < 1.29 is 13.2 Å². The summed E-state index contributed by atoms with van der Waals surface area (Å²) in [6.07, 6.45) is 4.34. The number of nitrogens with zero attached hydrogens (tertiary/aromatic N) is 2. The first-order valence-electron chi connectivity index (χ1n) is 8.29. The lowest BCUT2D eigenvalue weighted by Crippen LogP contribution is -2.39. The van der Waals surface area contributed by atoms with Crippen LogP contribution in [0.5, 0.6) is 0 Å². The Bertz CT molecular complexity index is 669. The lowest BCUT2D eigenvalue weighted by Gasteiger charge is -2.26. The molecule has 0 spiro atoms. The highest BCUT2D eigenvalue weighted by molar-refractivity contribution is 7.91. The van der Waals surface area contributed by atoms with E-state index in [1.165, 1.54) is 11.3 Å². The van der Waals surface area contributed by atoms with Crippen LogP contribution in [0, 0.1) is 0 Å². The molecule has 0 aromatic carbocycles. The summed E-state index contributed by atoms with van der Waals surface area (Å²) in [7, 11) is -3.37. The Kier molecular flexibility index (Phi) is 4.80. The highest BCUT2D eigenvalue weighted by Crippen LogP contribution is 2.31. The molecule has 5 nitrogen and oxygen atoms in total. The zero-order valence-electron chi connectivity index (χ0n) is 13.7. The van der Waals surface area contributed by atoms with Crippen LogP contribution in [0.1, 0.15) is 44.4 Å². The highest BCUT2D eigenvalue weighted by atomic mass is 32.2. The predicted molar refractivity (Wildman–Crippen MR) is 91.0 cm³/mol. The fourth-order valence-corrected chi connectivity index (χ4v) is 6.17. The zero-order valence-corrected chi connectivity index (χ0v) is 15.3. The maximum absolute atomic E-state index is 12.5. The molecule has 1 aliphatic carbocycles. The lowest BCUT2D eigenvalue weighted by atomic mass is 10.2. The Hall–Kier alpha value is -0.920. The molecule has 2 heterocycles. The van der Waals surface area contributed by atoms with Gasteiger partial charge in [-0.2, -0.15) is 4.31 Å². The first kappa shape index (κ1) is 16.9. The molecule has 23 heavy (non-hydrogen) atoms. The van der Waals surface area contributed by atoms with Gasteiger partial charge in [-0.15, -0.1) is 11.3 Å². The number of rotatable bonds is 6. The Labute approximate surface area is 142 Å². The van der Waals surface area contributed by atoms with Crippen LogP contribution in [-0.2, 0) is 21.2 Å². The molecule has 1 aromatic rings. The van der Waals surface area contributed by atoms with E-state index in [1.807, 2.05) is 18.7 Å². The second-order valence-electron chi connectivity index (χ2n) is 6.63. The molecule has 2 aliphatic rings. The van der Waals surface area contributed by atoms with Gasteiger partial charge < -0.3 is 4.90 Å². The first-order valence-corrected chi connectivity index (χ1v) is 10.6. The maximum atomic E-state index is 12.5. The smallest absolute Gasteiger partial charge is 0.252 e. The van der Waals surface area contributed by atoms with Crippen molar-refractivity contribution >= 4 is 27.3 Å². The molecular formula is C16H24N2O3S2. The number of hydrogen-bond donors (Lipinski definition) is 0. The Balaban J connectivity index is 1.70. The molecule has 2 fully saturated rings. The predicted octanol–water partition coefficient (Wildman–Crippen LogP) is 2.47. The molecule has 1 aromatic heterocycles. The Morgan fingerprint density at radius 3 is 2.52 bits per heavy atom. The summed E-state index contributed by atoms with van der Waals surface area (Å²) in [6, 6.07) is 4.02. The van der Waals surface area contributed by atoms with Gasteiger partial charge in [-0.3, -0.25) is 4.79 Å². The molecular weight excluding hydrogens is 332 g/mol. The SMILES string of the molecule is CC(C)N(C(=O)Cc1ccc(S(=O)(=O)N2CCCC2)s1)C1CC1. The van der Waals surface area contributed by atoms with E-state index in [2.05, 4.69) is 0 Å². The summed E-state index contributed by atoms with van der Waals surface area (Å²) in [5.41, 5.74) is 0. The van der Waals surface area contributed by atoms with Gasteiger partial charge in [0.05, 0.1) is 6.42 Å². The minimum atomic E-state index is -3.37. The molecule has 0 unspecified atom stereocenters. The third-order valence-corrected chi connectivity index (χ3v) is 7.86. The molecule has 3 rings (SSSR count). The second-order valence-corrected chi connectivity index (χ2v) is 9.97. The van der Waals surface area contributed by atoms with E-state index in [4.69, 9.17) is 0 Å². The van der Waals surface area contributed by atoms with Gasteiger partial charge in [0.15, 0.2) is 0 Å². The number of carbonyl (C=O) groups excluding carboxylic acids is 1. The lowest BCUT2D eigenvalue weighted by molar-refractivity contribution is -0.132. The van der Waals surface area contributed by atoms with Crippen molar-refractivity contribution in [3.63, 3.8) is 0 Å². The molecule has 0 bridgehead atoms. The molecule has 0 N–H and O–H groups in total. The van der Waals surface area contributed by atoms with Crippen molar-refractivity contribution in [1.29, 1.82) is 0 Å². The summed E-state index contributed by atoms with van der Waals surface area (Å²) in [4.78, 5) is 15.3. The van der Waals surface area contributed by atoms with Gasteiger partial charge in [-0.05, 0) is 51.7 Å². The van der Waals surface area contributed by atoms with Crippen molar-refractivity contribution in [2.45, 2.75) is 62.2 Å². The number of hydrogen-bond acceptors (Lipinski definition) is 4. The fourth-order valence-electron chi connectivity index (χ4n) is 3.15. The van der Waals surface area contributed by atoms with Gasteiger partial charge in [0.2, 0.25) is 5.91 Å². The van der Waals surface area contributed by atoms with Crippen molar-refractivity contribution in [2.75, 3.05) is 13.1 Å². The third kappa shape index (κ3) is 3.61. The number of carbonyl (C=O) groups is 1. The minimum Gasteiger partial charge on any atom is -0.337 e. The largest absolute Gasteiger partial charge is 0.337 e. The average Bonchev–Trinajstić information content (AvgIpc) is 2.98. The van der Waals surface area contributed by atoms with E-state index in [0.717, 1.165) is 30.6 Å². The van der Waals surface area contributed by atoms with Crippen LogP contribution in [0.25, 0.3) is 0 Å². The van der Waals surface area contributed by atoms with Crippen molar-refractivity contribution in [2.24, 2.45) is 0 Å². The summed E-state index contributed by atoms with van der Waals surface area (Å²) < 4.78 is 27.0. The molecule has 0 radical (unpaired) electrons. The van der Waals surface area contributed by atoms with Crippen molar-refractivity contribution in [3.05, 3.63) is 17.0 Å². The van der Waals surface area contributed by atoms with Crippen LogP contribution >= 0.6 is 11.3 Å². The zero-order chi connectivity index (χ0) is 16.6. The monoisotopic (exact) mass is 356 g/mol. The maximum Gasteiger partial charge on any atom is 0.252 e. The van der Waals surface area contributed by atoms with Gasteiger partial charge in [-0.25, -0.2) is 8.42 Å². The number of thiophene rings is 1. The van der Waals surface area contributed by atoms with Crippen LogP contribution in [0.2, 0.25) is 0 Å². The summed E-state index contributed by atoms with van der Waals surface area (Å²) >= 11 is 1.24. The van der Waals surface area contributed by atoms with E-state index in [0.29, 0.717) is 29.8 Å². The number of sulfonamides is 1. The number of amides is 1. The van der Waals surface area contributed by atoms with Crippen LogP contribution in [-0.4, -0.2) is 48.7 Å². The Morgan fingerprint density at radius 1 is 1.30 bits per heavy atom. The van der Waals surface area contributed by atoms with Crippen molar-refractivity contribution in [3.8, 4) is 0 Å². The van der Waals surface area contributed by atoms with Crippen LogP contribution in [0.4, 0.5) is 0 Å². The fraction of sp³-hybridized carbons (Fsp3) is 0.688. The first-order chi connectivity index (χ1) is 10.9. The van der Waals surface area contributed by atoms with E-state index in [1.54, 1.807) is 16.4 Å².